The Balaban J connectivity index is 2.32. The molecule has 2 rings (SSSR count). The summed E-state index contributed by atoms with van der Waals surface area (Å²) < 4.78 is 0. The summed E-state index contributed by atoms with van der Waals surface area (Å²) in [4.78, 5) is 1.85. The van der Waals surface area contributed by atoms with Gasteiger partial charge in [-0.2, -0.15) is 5.26 Å². The summed E-state index contributed by atoms with van der Waals surface area (Å²) in [5, 5.41) is 9.45. The first-order valence-electron chi connectivity index (χ1n) is 4.92. The number of benzene rings is 2. The Morgan fingerprint density at radius 3 is 2.53 bits per heavy atom. The third-order valence-electron chi connectivity index (χ3n) is 2.20. The molecule has 2 N–H and O–H groups in total. The van der Waals surface area contributed by atoms with E-state index in [1.165, 1.54) is 11.8 Å². The van der Waals surface area contributed by atoms with Crippen LogP contribution < -0.4 is 5.73 Å². The van der Waals surface area contributed by atoms with Gasteiger partial charge in [-0.1, -0.05) is 35.5 Å². The van der Waals surface area contributed by atoms with Crippen molar-refractivity contribution in [1.82, 2.24) is 0 Å². The van der Waals surface area contributed by atoms with E-state index in [2.05, 4.69) is 6.07 Å². The molecule has 84 valence electrons. The van der Waals surface area contributed by atoms with Gasteiger partial charge in [0, 0.05) is 15.5 Å². The Hall–Kier alpha value is -1.63. The summed E-state index contributed by atoms with van der Waals surface area (Å²) in [6.45, 7) is 0. The normalized spacial score (nSPS) is 9.88. The molecule has 2 aromatic rings. The van der Waals surface area contributed by atoms with Gasteiger partial charge in [-0.15, -0.1) is 0 Å². The second kappa shape index (κ2) is 5.13. The number of nitrogen functional groups attached to an aromatic ring is 1. The molecule has 2 nitrogen and oxygen atoms in total. The fraction of sp³-hybridized carbons (Fsp3) is 0. The van der Waals surface area contributed by atoms with Crippen LogP contribution in [0.3, 0.4) is 0 Å². The first-order valence-corrected chi connectivity index (χ1v) is 6.12. The summed E-state index contributed by atoms with van der Waals surface area (Å²) in [5.74, 6) is 0. The molecule has 0 aromatic heterocycles. The fourth-order valence-corrected chi connectivity index (χ4v) is 2.47. The molecule has 4 heteroatoms. The summed E-state index contributed by atoms with van der Waals surface area (Å²) in [6, 6.07) is 14.9. The Kier molecular flexibility index (Phi) is 3.58. The molecule has 0 fully saturated rings. The lowest BCUT2D eigenvalue weighted by Crippen LogP contribution is -1.89. The van der Waals surface area contributed by atoms with E-state index in [-0.39, 0.29) is 0 Å². The first kappa shape index (κ1) is 11.8. The second-order valence-electron chi connectivity index (χ2n) is 3.40. The average Bonchev–Trinajstić information content (AvgIpc) is 2.34. The van der Waals surface area contributed by atoms with E-state index in [9.17, 15) is 0 Å². The number of halogens is 1. The van der Waals surface area contributed by atoms with Gasteiger partial charge in [0.1, 0.15) is 0 Å². The van der Waals surface area contributed by atoms with Crippen molar-refractivity contribution >= 4 is 29.1 Å². The van der Waals surface area contributed by atoms with Crippen LogP contribution in [0.5, 0.6) is 0 Å². The maximum Gasteiger partial charge on any atom is 0.0992 e. The van der Waals surface area contributed by atoms with E-state index in [1.807, 2.05) is 30.3 Å². The zero-order chi connectivity index (χ0) is 12.3. The second-order valence-corrected chi connectivity index (χ2v) is 4.89. The molecule has 0 saturated heterocycles. The summed E-state index contributed by atoms with van der Waals surface area (Å²) in [6.07, 6.45) is 0. The largest absolute Gasteiger partial charge is 0.398 e. The minimum absolute atomic E-state index is 0.561. The van der Waals surface area contributed by atoms with E-state index < -0.39 is 0 Å². The van der Waals surface area contributed by atoms with Gasteiger partial charge < -0.3 is 5.73 Å². The predicted octanol–water partition coefficient (Wildman–Crippen LogP) is 3.95. The van der Waals surface area contributed by atoms with E-state index in [0.717, 1.165) is 9.79 Å². The molecule has 0 amide bonds. The van der Waals surface area contributed by atoms with Crippen LogP contribution in [0.4, 0.5) is 5.69 Å². The van der Waals surface area contributed by atoms with Crippen molar-refractivity contribution < 1.29 is 0 Å². The van der Waals surface area contributed by atoms with Crippen molar-refractivity contribution in [2.24, 2.45) is 0 Å². The number of anilines is 1. The lowest BCUT2D eigenvalue weighted by atomic mass is 10.2. The third kappa shape index (κ3) is 2.73. The number of hydrogen-bond donors (Lipinski definition) is 1. The number of hydrogen-bond acceptors (Lipinski definition) is 3. The molecule has 0 atom stereocenters. The van der Waals surface area contributed by atoms with Gasteiger partial charge in [0.05, 0.1) is 16.7 Å². The van der Waals surface area contributed by atoms with Gasteiger partial charge in [0.2, 0.25) is 0 Å². The first-order chi connectivity index (χ1) is 8.20. The topological polar surface area (TPSA) is 49.8 Å². The number of rotatable bonds is 2. The van der Waals surface area contributed by atoms with Crippen LogP contribution in [0.2, 0.25) is 5.02 Å². The monoisotopic (exact) mass is 260 g/mol. The molecule has 0 aliphatic heterocycles. The van der Waals surface area contributed by atoms with E-state index in [4.69, 9.17) is 22.6 Å². The van der Waals surface area contributed by atoms with Crippen LogP contribution in [0.1, 0.15) is 5.56 Å². The molecule has 0 radical (unpaired) electrons. The Morgan fingerprint density at radius 2 is 1.88 bits per heavy atom. The molecule has 17 heavy (non-hydrogen) atoms. The molecule has 2 aromatic carbocycles. The van der Waals surface area contributed by atoms with Gasteiger partial charge in [-0.05, 0) is 30.3 Å². The zero-order valence-corrected chi connectivity index (χ0v) is 10.4. The Labute approximate surface area is 109 Å². The molecule has 0 spiro atoms. The highest BCUT2D eigenvalue weighted by atomic mass is 35.5. The van der Waals surface area contributed by atoms with Crippen LogP contribution in [0.25, 0.3) is 0 Å². The molecule has 0 heterocycles. The van der Waals surface area contributed by atoms with Crippen LogP contribution >= 0.6 is 23.4 Å². The molecule has 0 aliphatic rings. The highest BCUT2D eigenvalue weighted by Gasteiger charge is 2.05. The average molecular weight is 261 g/mol. The van der Waals surface area contributed by atoms with Gasteiger partial charge in [-0.25, -0.2) is 0 Å². The van der Waals surface area contributed by atoms with Crippen molar-refractivity contribution in [3.8, 4) is 6.07 Å². The van der Waals surface area contributed by atoms with Crippen molar-refractivity contribution in [3.05, 3.63) is 53.1 Å². The van der Waals surface area contributed by atoms with Crippen LogP contribution in [-0.4, -0.2) is 0 Å². The number of nitriles is 1. The van der Waals surface area contributed by atoms with Crippen LogP contribution in [0.15, 0.2) is 52.3 Å². The number of nitrogens with two attached hydrogens (primary N) is 1. The van der Waals surface area contributed by atoms with Crippen molar-refractivity contribution in [2.75, 3.05) is 5.73 Å². The van der Waals surface area contributed by atoms with Crippen molar-refractivity contribution in [2.45, 2.75) is 9.79 Å². The molecular formula is C13H9ClN2S. The maximum atomic E-state index is 8.75. The van der Waals surface area contributed by atoms with Gasteiger partial charge >= 0.3 is 0 Å². The fourth-order valence-electron chi connectivity index (χ4n) is 1.36. The minimum Gasteiger partial charge on any atom is -0.398 e. The van der Waals surface area contributed by atoms with Crippen LogP contribution in [-0.2, 0) is 0 Å². The SMILES string of the molecule is N#Cc1ccc(Sc2ccccc2Cl)c(N)c1. The molecular weight excluding hydrogens is 252 g/mol. The molecule has 0 bridgehead atoms. The van der Waals surface area contributed by atoms with Gasteiger partial charge in [0.15, 0.2) is 0 Å². The Morgan fingerprint density at radius 1 is 1.12 bits per heavy atom. The summed E-state index contributed by atoms with van der Waals surface area (Å²) in [7, 11) is 0. The smallest absolute Gasteiger partial charge is 0.0992 e. The minimum atomic E-state index is 0.561. The lowest BCUT2D eigenvalue weighted by Gasteiger charge is -2.06. The summed E-state index contributed by atoms with van der Waals surface area (Å²) in [5.41, 5.74) is 7.03. The van der Waals surface area contributed by atoms with E-state index >= 15 is 0 Å². The highest BCUT2D eigenvalue weighted by Crippen LogP contribution is 2.36. The molecule has 0 saturated carbocycles. The molecule has 0 unspecified atom stereocenters. The summed E-state index contributed by atoms with van der Waals surface area (Å²) >= 11 is 7.56. The van der Waals surface area contributed by atoms with E-state index in [1.54, 1.807) is 12.1 Å². The maximum absolute atomic E-state index is 8.75. The quantitative estimate of drug-likeness (QED) is 0.832. The van der Waals surface area contributed by atoms with Gasteiger partial charge in [-0.3, -0.25) is 0 Å². The van der Waals surface area contributed by atoms with Crippen molar-refractivity contribution in [3.63, 3.8) is 0 Å². The zero-order valence-electron chi connectivity index (χ0n) is 8.85. The standard InChI is InChI=1S/C13H9ClN2S/c14-10-3-1-2-4-12(10)17-13-6-5-9(8-15)7-11(13)16/h1-7H,16H2. The van der Waals surface area contributed by atoms with Crippen LogP contribution in [0, 0.1) is 11.3 Å². The third-order valence-corrected chi connectivity index (χ3v) is 3.80. The number of nitrogens with zero attached hydrogens (tertiary/aromatic N) is 1. The highest BCUT2D eigenvalue weighted by molar-refractivity contribution is 7.99. The van der Waals surface area contributed by atoms with E-state index in [0.29, 0.717) is 16.3 Å². The predicted molar refractivity (Wildman–Crippen MR) is 71.1 cm³/mol. The Bertz CT molecular complexity index is 590. The lowest BCUT2D eigenvalue weighted by molar-refractivity contribution is 1.39. The van der Waals surface area contributed by atoms with Crippen molar-refractivity contribution in [1.29, 1.82) is 5.26 Å². The van der Waals surface area contributed by atoms with Gasteiger partial charge in [0.25, 0.3) is 0 Å². The molecule has 0 aliphatic carbocycles.